The minimum Gasteiger partial charge on any atom is -0.507 e. The van der Waals surface area contributed by atoms with Gasteiger partial charge in [-0.05, 0) is 24.3 Å². The Kier molecular flexibility index (Phi) is 5.14. The maximum Gasteiger partial charge on any atom is 0.301 e. The Morgan fingerprint density at radius 2 is 1.79 bits per heavy atom. The van der Waals surface area contributed by atoms with Crippen molar-refractivity contribution >= 4 is 44.1 Å². The fraction of sp³-hybridized carbons (Fsp3) is 0.0800. The van der Waals surface area contributed by atoms with Gasteiger partial charge in [0.15, 0.2) is 5.13 Å². The number of ether oxygens (including phenoxy) is 1. The highest BCUT2D eigenvalue weighted by atomic mass is 32.1. The van der Waals surface area contributed by atoms with Gasteiger partial charge in [0.2, 0.25) is 0 Å². The number of nitrogens with zero attached hydrogens (tertiary/aromatic N) is 2. The molecule has 0 bridgehead atoms. The molecule has 1 amide bonds. The third kappa shape index (κ3) is 3.44. The van der Waals surface area contributed by atoms with E-state index in [2.05, 4.69) is 4.98 Å². The molecule has 0 saturated carbocycles. The number of anilines is 1. The smallest absolute Gasteiger partial charge is 0.301 e. The van der Waals surface area contributed by atoms with Crippen molar-refractivity contribution in [3.63, 3.8) is 0 Å². The number of hydrogen-bond acceptors (Lipinski definition) is 6. The lowest BCUT2D eigenvalue weighted by Gasteiger charge is -2.24. The van der Waals surface area contributed by atoms with Crippen LogP contribution in [0.25, 0.3) is 16.0 Å². The molecule has 1 aromatic heterocycles. The second-order valence-corrected chi connectivity index (χ2v) is 8.39. The zero-order valence-electron chi connectivity index (χ0n) is 17.4. The number of aliphatic hydroxyl groups is 1. The number of aliphatic hydroxyl groups excluding tert-OH is 1. The number of fused-ring (bicyclic) bond motifs is 1. The Morgan fingerprint density at radius 1 is 1.06 bits per heavy atom. The molecule has 1 aliphatic heterocycles. The molecule has 1 aliphatic rings. The Bertz CT molecular complexity index is 1430. The van der Waals surface area contributed by atoms with Crippen LogP contribution in [0.15, 0.2) is 78.4 Å². The summed E-state index contributed by atoms with van der Waals surface area (Å²) in [6, 6.07) is 18.7. The molecule has 0 radical (unpaired) electrons. The van der Waals surface area contributed by atoms with Crippen molar-refractivity contribution in [2.24, 2.45) is 0 Å². The van der Waals surface area contributed by atoms with Crippen molar-refractivity contribution in [3.05, 3.63) is 95.3 Å². The molecule has 0 unspecified atom stereocenters. The van der Waals surface area contributed by atoms with E-state index >= 15 is 0 Å². The minimum absolute atomic E-state index is 0.0684. The van der Waals surface area contributed by atoms with Gasteiger partial charge < -0.3 is 9.84 Å². The minimum atomic E-state index is -0.980. The first-order valence-corrected chi connectivity index (χ1v) is 10.9. The lowest BCUT2D eigenvalue weighted by molar-refractivity contribution is -0.132. The summed E-state index contributed by atoms with van der Waals surface area (Å²) in [6.45, 7) is 0. The SMILES string of the molecule is COc1ccccc1[C@@H]1/C(=C(\O)c2ccccc2)C(=O)C(=O)N1c1nc2ccc(F)cc2s1. The van der Waals surface area contributed by atoms with E-state index in [0.29, 0.717) is 27.1 Å². The van der Waals surface area contributed by atoms with Crippen LogP contribution in [-0.4, -0.2) is 28.9 Å². The van der Waals surface area contributed by atoms with Crippen molar-refractivity contribution in [1.82, 2.24) is 4.98 Å². The topological polar surface area (TPSA) is 79.7 Å². The summed E-state index contributed by atoms with van der Waals surface area (Å²) < 4.78 is 19.8. The predicted molar refractivity (Wildman–Crippen MR) is 124 cm³/mol. The van der Waals surface area contributed by atoms with E-state index in [1.54, 1.807) is 54.6 Å². The average molecular weight is 460 g/mol. The van der Waals surface area contributed by atoms with Gasteiger partial charge in [0.05, 0.1) is 22.9 Å². The first-order chi connectivity index (χ1) is 16.0. The number of amides is 1. The molecular formula is C25H17FN2O4S. The number of benzene rings is 3. The predicted octanol–water partition coefficient (Wildman–Crippen LogP) is 5.07. The van der Waals surface area contributed by atoms with Crippen LogP contribution < -0.4 is 9.64 Å². The van der Waals surface area contributed by atoms with Gasteiger partial charge in [0, 0.05) is 11.1 Å². The van der Waals surface area contributed by atoms with E-state index in [-0.39, 0.29) is 16.5 Å². The quantitative estimate of drug-likeness (QED) is 0.261. The molecule has 3 aromatic carbocycles. The second kappa shape index (κ2) is 8.14. The summed E-state index contributed by atoms with van der Waals surface area (Å²) in [4.78, 5) is 32.2. The summed E-state index contributed by atoms with van der Waals surface area (Å²) >= 11 is 1.09. The summed E-state index contributed by atoms with van der Waals surface area (Å²) in [7, 11) is 1.49. The monoisotopic (exact) mass is 460 g/mol. The number of para-hydroxylation sites is 1. The largest absolute Gasteiger partial charge is 0.507 e. The third-order valence-electron chi connectivity index (χ3n) is 5.47. The van der Waals surface area contributed by atoms with Gasteiger partial charge in [-0.2, -0.15) is 0 Å². The molecule has 1 atom stereocenters. The number of halogens is 1. The van der Waals surface area contributed by atoms with Gasteiger partial charge in [-0.25, -0.2) is 9.37 Å². The normalized spacial score (nSPS) is 17.6. The molecular weight excluding hydrogens is 443 g/mol. The lowest BCUT2D eigenvalue weighted by atomic mass is 9.95. The molecule has 33 heavy (non-hydrogen) atoms. The van der Waals surface area contributed by atoms with Crippen molar-refractivity contribution in [1.29, 1.82) is 0 Å². The van der Waals surface area contributed by atoms with Crippen LogP contribution in [0.2, 0.25) is 0 Å². The number of carbonyl (C=O) groups excluding carboxylic acids is 2. The van der Waals surface area contributed by atoms with E-state index < -0.39 is 23.5 Å². The van der Waals surface area contributed by atoms with E-state index in [1.165, 1.54) is 30.2 Å². The molecule has 6 nitrogen and oxygen atoms in total. The Morgan fingerprint density at radius 3 is 2.55 bits per heavy atom. The van der Waals surface area contributed by atoms with E-state index in [0.717, 1.165) is 11.3 Å². The van der Waals surface area contributed by atoms with Crippen molar-refractivity contribution < 1.29 is 23.8 Å². The molecule has 8 heteroatoms. The Hall–Kier alpha value is -4.04. The Balaban J connectivity index is 1.77. The molecule has 2 heterocycles. The van der Waals surface area contributed by atoms with Gasteiger partial charge >= 0.3 is 5.91 Å². The van der Waals surface area contributed by atoms with Gasteiger partial charge in [-0.3, -0.25) is 14.5 Å². The van der Waals surface area contributed by atoms with Crippen LogP contribution in [0.4, 0.5) is 9.52 Å². The zero-order valence-corrected chi connectivity index (χ0v) is 18.2. The number of Topliss-reactive ketones (excluding diaryl/α,β-unsaturated/α-hetero) is 1. The third-order valence-corrected chi connectivity index (χ3v) is 6.49. The molecule has 1 N–H and O–H groups in total. The maximum atomic E-state index is 13.7. The van der Waals surface area contributed by atoms with Crippen LogP contribution in [0.1, 0.15) is 17.2 Å². The van der Waals surface area contributed by atoms with E-state index in [9.17, 15) is 19.1 Å². The number of rotatable bonds is 4. The number of hydrogen-bond donors (Lipinski definition) is 1. The van der Waals surface area contributed by atoms with Crippen LogP contribution in [0.3, 0.4) is 0 Å². The highest BCUT2D eigenvalue weighted by molar-refractivity contribution is 7.22. The molecule has 4 aromatic rings. The Labute approximate surface area is 192 Å². The first kappa shape index (κ1) is 20.8. The molecule has 1 saturated heterocycles. The molecule has 1 fully saturated rings. The lowest BCUT2D eigenvalue weighted by Crippen LogP contribution is -2.29. The van der Waals surface area contributed by atoms with Gasteiger partial charge in [-0.1, -0.05) is 59.9 Å². The van der Waals surface area contributed by atoms with Gasteiger partial charge in [0.25, 0.3) is 5.78 Å². The number of methoxy groups -OCH3 is 1. The highest BCUT2D eigenvalue weighted by Gasteiger charge is 2.49. The number of aromatic nitrogens is 1. The number of carbonyl (C=O) groups is 2. The van der Waals surface area contributed by atoms with Crippen molar-refractivity contribution in [2.75, 3.05) is 12.0 Å². The fourth-order valence-electron chi connectivity index (χ4n) is 3.96. The molecule has 164 valence electrons. The van der Waals surface area contributed by atoms with Gasteiger partial charge in [0.1, 0.15) is 23.4 Å². The highest BCUT2D eigenvalue weighted by Crippen LogP contribution is 2.46. The zero-order chi connectivity index (χ0) is 23.1. The summed E-state index contributed by atoms with van der Waals surface area (Å²) in [5.74, 6) is -1.94. The van der Waals surface area contributed by atoms with Crippen LogP contribution in [0, 0.1) is 5.82 Å². The second-order valence-electron chi connectivity index (χ2n) is 7.39. The van der Waals surface area contributed by atoms with E-state index in [4.69, 9.17) is 4.74 Å². The van der Waals surface area contributed by atoms with E-state index in [1.807, 2.05) is 0 Å². The van der Waals surface area contributed by atoms with Crippen molar-refractivity contribution in [3.8, 4) is 5.75 Å². The molecule has 0 spiro atoms. The standard InChI is InChI=1S/C25H17FN2O4S/c1-32-18-10-6-5-9-16(18)21-20(22(29)14-7-3-2-4-8-14)23(30)24(31)28(21)25-27-17-12-11-15(26)13-19(17)33-25/h2-13,21,29H,1H3/b22-20+/t21-/m1/s1. The van der Waals surface area contributed by atoms with Crippen LogP contribution in [-0.2, 0) is 9.59 Å². The average Bonchev–Trinajstić information content (AvgIpc) is 3.36. The van der Waals surface area contributed by atoms with Gasteiger partial charge in [-0.15, -0.1) is 0 Å². The molecule has 5 rings (SSSR count). The first-order valence-electron chi connectivity index (χ1n) is 10.0. The number of ketones is 1. The summed E-state index contributed by atoms with van der Waals surface area (Å²) in [5, 5.41) is 11.3. The van der Waals surface area contributed by atoms with Crippen LogP contribution >= 0.6 is 11.3 Å². The molecule has 0 aliphatic carbocycles. The number of thiazole rings is 1. The fourth-order valence-corrected chi connectivity index (χ4v) is 4.97. The summed E-state index contributed by atoms with van der Waals surface area (Å²) in [6.07, 6.45) is 0. The summed E-state index contributed by atoms with van der Waals surface area (Å²) in [5.41, 5.74) is 1.35. The van der Waals surface area contributed by atoms with Crippen molar-refractivity contribution in [2.45, 2.75) is 6.04 Å². The van der Waals surface area contributed by atoms with Crippen LogP contribution in [0.5, 0.6) is 5.75 Å². The maximum absolute atomic E-state index is 13.7.